The van der Waals surface area contributed by atoms with Gasteiger partial charge in [0.05, 0.1) is 0 Å². The Morgan fingerprint density at radius 1 is 0.636 bits per heavy atom. The second-order valence-electron chi connectivity index (χ2n) is 0.950. The molecule has 0 atom stereocenters. The Balaban J connectivity index is 3.48. The first kappa shape index (κ1) is 10.3. The van der Waals surface area contributed by atoms with Gasteiger partial charge >= 0.3 is 0 Å². The van der Waals surface area contributed by atoms with Crippen LogP contribution in [0.3, 0.4) is 0 Å². The van der Waals surface area contributed by atoms with E-state index in [9.17, 15) is 0 Å². The fourth-order valence-electron chi connectivity index (χ4n) is 0.168. The fraction of sp³-hybridized carbons (Fsp3) is 0. The van der Waals surface area contributed by atoms with Crippen LogP contribution in [0.1, 0.15) is 0 Å². The molecule has 0 fully saturated rings. The zero-order valence-electron chi connectivity index (χ0n) is 5.38. The lowest BCUT2D eigenvalue weighted by molar-refractivity contribution is 2.93. The largest absolute Gasteiger partial charge is 0.107 e. The van der Waals surface area contributed by atoms with Gasteiger partial charge in [-0.3, -0.25) is 0 Å². The predicted octanol–water partition coefficient (Wildman–Crippen LogP) is 2.20. The molecule has 0 radical (unpaired) electrons. The summed E-state index contributed by atoms with van der Waals surface area (Å²) >= 11 is 3.38. The molecule has 0 aliphatic rings. The zero-order chi connectivity index (χ0) is 8.36. The van der Waals surface area contributed by atoms with Crippen LogP contribution < -0.4 is 0 Å². The van der Waals surface area contributed by atoms with Gasteiger partial charge in [0, 0.05) is 35.3 Å². The minimum absolute atomic E-state index is 1.10. The molecule has 0 bridgehead atoms. The third-order valence-electron chi connectivity index (χ3n) is 0.405. The molecule has 0 aromatic carbocycles. The van der Waals surface area contributed by atoms with Gasteiger partial charge in [0.2, 0.25) is 0 Å². The Hall–Kier alpha value is -0.710. The minimum Gasteiger partial charge on any atom is -0.107 e. The van der Waals surface area contributed by atoms with E-state index in [1.54, 1.807) is 0 Å². The van der Waals surface area contributed by atoms with Crippen LogP contribution in [-0.4, -0.2) is 0 Å². The number of hydrogen-bond donors (Lipinski definition) is 0. The van der Waals surface area contributed by atoms with Crippen molar-refractivity contribution in [3.05, 3.63) is 0 Å². The number of thioether (sulfide) groups is 3. The number of terminal acetylenes is 2. The van der Waals surface area contributed by atoms with E-state index in [-0.39, 0.29) is 0 Å². The van der Waals surface area contributed by atoms with Crippen LogP contribution in [0.25, 0.3) is 0 Å². The molecule has 0 rings (SSSR count). The lowest BCUT2D eigenvalue weighted by Gasteiger charge is -1.68. The summed E-state index contributed by atoms with van der Waals surface area (Å²) in [6.07, 6.45) is 9.85. The highest BCUT2D eigenvalue weighted by molar-refractivity contribution is 8.12. The second kappa shape index (κ2) is 9.29. The number of rotatable bonds is 0. The van der Waals surface area contributed by atoms with Crippen molar-refractivity contribution < 1.29 is 0 Å². The molecule has 0 heterocycles. The molecule has 0 aliphatic heterocycles. The minimum atomic E-state index is 1.10. The SMILES string of the molecule is C#CSC#CSC#CSC#C. The van der Waals surface area contributed by atoms with Crippen LogP contribution in [0.15, 0.2) is 0 Å². The van der Waals surface area contributed by atoms with Crippen molar-refractivity contribution in [3.63, 3.8) is 0 Å². The Morgan fingerprint density at radius 3 is 1.36 bits per heavy atom. The van der Waals surface area contributed by atoms with Crippen molar-refractivity contribution in [2.45, 2.75) is 0 Å². The van der Waals surface area contributed by atoms with Gasteiger partial charge in [0.25, 0.3) is 0 Å². The molecule has 0 aromatic heterocycles. The summed E-state index contributed by atoms with van der Waals surface area (Å²) in [5.41, 5.74) is 0. The zero-order valence-corrected chi connectivity index (χ0v) is 7.83. The first-order chi connectivity index (χ1) is 5.41. The van der Waals surface area contributed by atoms with E-state index < -0.39 is 0 Å². The highest BCUT2D eigenvalue weighted by Gasteiger charge is 1.68. The average Bonchev–Trinajstić information content (AvgIpc) is 2.03. The molecule has 0 nitrogen and oxygen atoms in total. The third-order valence-corrected chi connectivity index (χ3v) is 1.72. The van der Waals surface area contributed by atoms with Gasteiger partial charge in [-0.2, -0.15) is 0 Å². The third kappa shape index (κ3) is 9.29. The highest BCUT2D eigenvalue weighted by atomic mass is 32.2. The maximum Gasteiger partial charge on any atom is 0.0153 e. The van der Waals surface area contributed by atoms with E-state index >= 15 is 0 Å². The van der Waals surface area contributed by atoms with E-state index in [4.69, 9.17) is 12.8 Å². The van der Waals surface area contributed by atoms with E-state index in [1.807, 2.05) is 0 Å². The molecular formula is C8H2S3. The maximum atomic E-state index is 4.93. The summed E-state index contributed by atoms with van der Waals surface area (Å²) < 4.78 is 0. The van der Waals surface area contributed by atoms with Gasteiger partial charge in [0.1, 0.15) is 0 Å². The Bertz CT molecular complexity index is 263. The molecule has 0 aliphatic carbocycles. The molecule has 0 aromatic rings. The van der Waals surface area contributed by atoms with Gasteiger partial charge in [-0.25, -0.2) is 0 Å². The molecule has 3 heteroatoms. The molecule has 0 saturated heterocycles. The molecule has 0 N–H and O–H groups in total. The van der Waals surface area contributed by atoms with Crippen molar-refractivity contribution in [3.8, 4) is 44.4 Å². The topological polar surface area (TPSA) is 0 Å². The molecule has 0 amide bonds. The van der Waals surface area contributed by atoms with E-state index in [0.717, 1.165) is 23.5 Å². The fourth-order valence-corrected chi connectivity index (χ4v) is 1.00. The van der Waals surface area contributed by atoms with E-state index in [0.29, 0.717) is 0 Å². The lowest BCUT2D eigenvalue weighted by atomic mass is 11.4. The Kier molecular flexibility index (Phi) is 8.69. The monoisotopic (exact) mass is 194 g/mol. The van der Waals surface area contributed by atoms with E-state index in [1.165, 1.54) is 11.8 Å². The molecule has 0 saturated carbocycles. The molecule has 52 valence electrons. The first-order valence-electron chi connectivity index (χ1n) is 2.30. The lowest BCUT2D eigenvalue weighted by Crippen LogP contribution is -1.45. The first-order valence-corrected chi connectivity index (χ1v) is 4.75. The maximum absolute atomic E-state index is 4.93. The summed E-state index contributed by atoms with van der Waals surface area (Å²) in [6.45, 7) is 0. The van der Waals surface area contributed by atoms with Crippen LogP contribution in [0, 0.1) is 44.4 Å². The van der Waals surface area contributed by atoms with Gasteiger partial charge < -0.3 is 0 Å². The summed E-state index contributed by atoms with van der Waals surface area (Å²) in [7, 11) is 0. The predicted molar refractivity (Wildman–Crippen MR) is 56.0 cm³/mol. The summed E-state index contributed by atoms with van der Waals surface area (Å²) in [6, 6.07) is 0. The summed E-state index contributed by atoms with van der Waals surface area (Å²) in [5, 5.41) is 15.3. The van der Waals surface area contributed by atoms with Gasteiger partial charge in [-0.1, -0.05) is 0 Å². The van der Waals surface area contributed by atoms with E-state index in [2.05, 4.69) is 31.5 Å². The van der Waals surface area contributed by atoms with Crippen LogP contribution in [0.5, 0.6) is 0 Å². The highest BCUT2D eigenvalue weighted by Crippen LogP contribution is 1.99. The number of hydrogen-bond acceptors (Lipinski definition) is 3. The quantitative estimate of drug-likeness (QED) is 0.543. The van der Waals surface area contributed by atoms with Gasteiger partial charge in [0.15, 0.2) is 0 Å². The second-order valence-corrected chi connectivity index (χ2v) is 2.85. The standard InChI is InChI=1S/C8H2S3/c1-3-9-5-7-11-8-6-10-4-2/h1-2H. The van der Waals surface area contributed by atoms with Gasteiger partial charge in [-0.05, 0) is 31.5 Å². The smallest absolute Gasteiger partial charge is 0.0153 e. The van der Waals surface area contributed by atoms with Crippen LogP contribution in [0.4, 0.5) is 0 Å². The van der Waals surface area contributed by atoms with Crippen LogP contribution in [-0.2, 0) is 0 Å². The molecule has 0 unspecified atom stereocenters. The van der Waals surface area contributed by atoms with Crippen LogP contribution >= 0.6 is 35.3 Å². The summed E-state index contributed by atoms with van der Waals surface area (Å²) in [4.78, 5) is 0. The molecular weight excluding hydrogens is 192 g/mol. The van der Waals surface area contributed by atoms with Gasteiger partial charge in [-0.15, -0.1) is 12.8 Å². The Labute approximate surface area is 79.7 Å². The Morgan fingerprint density at radius 2 is 1.00 bits per heavy atom. The van der Waals surface area contributed by atoms with Crippen molar-refractivity contribution in [2.24, 2.45) is 0 Å². The van der Waals surface area contributed by atoms with Crippen molar-refractivity contribution >= 4 is 35.3 Å². The van der Waals surface area contributed by atoms with Crippen molar-refractivity contribution in [1.82, 2.24) is 0 Å². The normalized spacial score (nSPS) is 5.64. The average molecular weight is 194 g/mol. The van der Waals surface area contributed by atoms with Crippen molar-refractivity contribution in [1.29, 1.82) is 0 Å². The van der Waals surface area contributed by atoms with Crippen molar-refractivity contribution in [2.75, 3.05) is 0 Å². The summed E-state index contributed by atoms with van der Waals surface area (Å²) in [5.74, 6) is 0. The molecule has 0 spiro atoms. The molecule has 11 heavy (non-hydrogen) atoms. The van der Waals surface area contributed by atoms with Crippen LogP contribution in [0.2, 0.25) is 0 Å².